The van der Waals surface area contributed by atoms with Gasteiger partial charge in [0.15, 0.2) is 0 Å². The molecule has 5 nitrogen and oxygen atoms in total. The number of hydrogen-bond acceptors (Lipinski definition) is 6. The monoisotopic (exact) mass is 342 g/mol. The first-order valence-electron chi connectivity index (χ1n) is 7.55. The molecule has 6 heteroatoms. The van der Waals surface area contributed by atoms with Gasteiger partial charge in [-0.15, -0.1) is 11.3 Å². The Balaban J connectivity index is 1.68. The quantitative estimate of drug-likeness (QED) is 0.694. The Morgan fingerprint density at radius 1 is 1.33 bits per heavy atom. The lowest BCUT2D eigenvalue weighted by Gasteiger charge is -2.12. The van der Waals surface area contributed by atoms with Crippen molar-refractivity contribution in [2.75, 3.05) is 19.0 Å². The van der Waals surface area contributed by atoms with Crippen molar-refractivity contribution in [3.05, 3.63) is 58.6 Å². The number of aromatic nitrogens is 1. The van der Waals surface area contributed by atoms with Gasteiger partial charge in [0, 0.05) is 16.1 Å². The van der Waals surface area contributed by atoms with E-state index in [9.17, 15) is 9.90 Å². The summed E-state index contributed by atoms with van der Waals surface area (Å²) in [5, 5.41) is 14.6. The van der Waals surface area contributed by atoms with Crippen LogP contribution in [0.25, 0.3) is 10.1 Å². The van der Waals surface area contributed by atoms with Gasteiger partial charge in [-0.05, 0) is 36.6 Å². The highest BCUT2D eigenvalue weighted by molar-refractivity contribution is 7.19. The van der Waals surface area contributed by atoms with Crippen molar-refractivity contribution >= 4 is 33.2 Å². The van der Waals surface area contributed by atoms with Gasteiger partial charge in [-0.3, -0.25) is 0 Å². The van der Waals surface area contributed by atoms with Gasteiger partial charge in [0.2, 0.25) is 0 Å². The number of carbonyl (C=O) groups excluding carboxylic acids is 1. The molecule has 3 rings (SSSR count). The highest BCUT2D eigenvalue weighted by atomic mass is 32.1. The fourth-order valence-corrected chi connectivity index (χ4v) is 3.50. The van der Waals surface area contributed by atoms with Gasteiger partial charge in [0.05, 0.1) is 18.4 Å². The summed E-state index contributed by atoms with van der Waals surface area (Å²) in [6.45, 7) is 2.09. The molecule has 0 aliphatic heterocycles. The van der Waals surface area contributed by atoms with E-state index in [1.807, 2.05) is 30.3 Å². The lowest BCUT2D eigenvalue weighted by molar-refractivity contribution is 0.0599. The van der Waals surface area contributed by atoms with Gasteiger partial charge >= 0.3 is 5.97 Å². The predicted octanol–water partition coefficient (Wildman–Crippen LogP) is 3.54. The molecule has 2 aromatic heterocycles. The summed E-state index contributed by atoms with van der Waals surface area (Å²) in [5.74, 6) is 0.206. The van der Waals surface area contributed by atoms with Crippen molar-refractivity contribution in [1.29, 1.82) is 0 Å². The summed E-state index contributed by atoms with van der Waals surface area (Å²) in [7, 11) is 1.34. The van der Waals surface area contributed by atoms with E-state index in [0.717, 1.165) is 15.0 Å². The third kappa shape index (κ3) is 3.39. The van der Waals surface area contributed by atoms with Crippen LogP contribution in [0.5, 0.6) is 0 Å². The topological polar surface area (TPSA) is 71.5 Å². The maximum Gasteiger partial charge on any atom is 0.339 e. The van der Waals surface area contributed by atoms with Gasteiger partial charge in [0.25, 0.3) is 0 Å². The number of nitrogens with one attached hydrogen (secondary N) is 1. The van der Waals surface area contributed by atoms with Crippen LogP contribution in [0.15, 0.2) is 42.5 Å². The Morgan fingerprint density at radius 3 is 2.83 bits per heavy atom. The number of ether oxygens (including phenoxy) is 1. The summed E-state index contributed by atoms with van der Waals surface area (Å²) in [5.41, 5.74) is 1.02. The molecule has 0 aliphatic carbocycles. The molecule has 124 valence electrons. The van der Waals surface area contributed by atoms with Crippen LogP contribution in [0.3, 0.4) is 0 Å². The van der Waals surface area contributed by atoms with Crippen LogP contribution in [0.2, 0.25) is 0 Å². The predicted molar refractivity (Wildman–Crippen MR) is 95.6 cm³/mol. The average molecular weight is 342 g/mol. The van der Waals surface area contributed by atoms with Crippen LogP contribution in [-0.4, -0.2) is 29.7 Å². The van der Waals surface area contributed by atoms with Crippen LogP contribution < -0.4 is 5.32 Å². The second kappa shape index (κ2) is 6.98. The summed E-state index contributed by atoms with van der Waals surface area (Å²) < 4.78 is 5.86. The van der Waals surface area contributed by atoms with E-state index in [1.165, 1.54) is 7.11 Å². The molecule has 1 atom stereocenters. The van der Waals surface area contributed by atoms with Crippen LogP contribution in [0, 0.1) is 6.92 Å². The number of aryl methyl sites for hydroxylation is 1. The number of rotatable bonds is 5. The van der Waals surface area contributed by atoms with Crippen LogP contribution >= 0.6 is 11.3 Å². The van der Waals surface area contributed by atoms with E-state index in [-0.39, 0.29) is 0 Å². The third-order valence-electron chi connectivity index (χ3n) is 3.74. The van der Waals surface area contributed by atoms with E-state index in [0.29, 0.717) is 23.6 Å². The molecule has 2 heterocycles. The Kier molecular flexibility index (Phi) is 4.78. The second-order valence-corrected chi connectivity index (χ2v) is 6.52. The molecule has 0 fully saturated rings. The number of esters is 1. The zero-order chi connectivity index (χ0) is 17.1. The lowest BCUT2D eigenvalue weighted by atomic mass is 10.2. The molecule has 24 heavy (non-hydrogen) atoms. The maximum absolute atomic E-state index is 11.6. The highest BCUT2D eigenvalue weighted by Gasteiger charge is 2.13. The smallest absolute Gasteiger partial charge is 0.339 e. The van der Waals surface area contributed by atoms with Gasteiger partial charge < -0.3 is 15.2 Å². The van der Waals surface area contributed by atoms with E-state index in [2.05, 4.69) is 10.3 Å². The number of fused-ring (bicyclic) bond motifs is 1. The Bertz CT molecular complexity index is 843. The molecular weight excluding hydrogens is 324 g/mol. The first kappa shape index (κ1) is 16.4. The Hall–Kier alpha value is -2.44. The number of anilines is 1. The van der Waals surface area contributed by atoms with E-state index in [4.69, 9.17) is 4.74 Å². The number of benzene rings is 1. The SMILES string of the molecule is COC(=O)c1ccc(NCC(O)c2cc3ccccc3s2)nc1C. The van der Waals surface area contributed by atoms with Crippen LogP contribution in [0.1, 0.15) is 27.0 Å². The molecule has 1 unspecified atom stereocenters. The maximum atomic E-state index is 11.6. The molecule has 0 aliphatic rings. The van der Waals surface area contributed by atoms with Crippen LogP contribution in [0.4, 0.5) is 5.82 Å². The summed E-state index contributed by atoms with van der Waals surface area (Å²) in [4.78, 5) is 16.8. The first-order chi connectivity index (χ1) is 11.6. The molecule has 0 saturated carbocycles. The number of thiophene rings is 1. The summed E-state index contributed by atoms with van der Waals surface area (Å²) in [6, 6.07) is 13.4. The molecule has 0 amide bonds. The van der Waals surface area contributed by atoms with Gasteiger partial charge in [-0.1, -0.05) is 18.2 Å². The number of aliphatic hydroxyl groups excluding tert-OH is 1. The third-order valence-corrected chi connectivity index (χ3v) is 4.96. The first-order valence-corrected chi connectivity index (χ1v) is 8.36. The minimum Gasteiger partial charge on any atom is -0.465 e. The average Bonchev–Trinajstić information content (AvgIpc) is 3.03. The molecule has 0 radical (unpaired) electrons. The van der Waals surface area contributed by atoms with Crippen molar-refractivity contribution in [2.24, 2.45) is 0 Å². The molecule has 0 saturated heterocycles. The molecule has 1 aromatic carbocycles. The van der Waals surface area contributed by atoms with Gasteiger partial charge in [-0.25, -0.2) is 9.78 Å². The fraction of sp³-hybridized carbons (Fsp3) is 0.222. The number of nitrogens with zero attached hydrogens (tertiary/aromatic N) is 1. The highest BCUT2D eigenvalue weighted by Crippen LogP contribution is 2.29. The zero-order valence-corrected chi connectivity index (χ0v) is 14.3. The molecule has 0 spiro atoms. The molecule has 0 bridgehead atoms. The normalized spacial score (nSPS) is 12.1. The minimum atomic E-state index is -0.621. The van der Waals surface area contributed by atoms with Gasteiger partial charge in [0.1, 0.15) is 11.9 Å². The minimum absolute atomic E-state index is 0.344. The summed E-state index contributed by atoms with van der Waals surface area (Å²) >= 11 is 1.58. The molecule has 3 aromatic rings. The van der Waals surface area contributed by atoms with Crippen molar-refractivity contribution in [2.45, 2.75) is 13.0 Å². The standard InChI is InChI=1S/C18H18N2O3S/c1-11-13(18(22)23-2)7-8-17(20-11)19-10-14(21)16-9-12-5-3-4-6-15(12)24-16/h3-9,14,21H,10H2,1-2H3,(H,19,20). The van der Waals surface area contributed by atoms with Gasteiger partial charge in [-0.2, -0.15) is 0 Å². The Labute approximate surface area is 143 Å². The largest absolute Gasteiger partial charge is 0.465 e. The van der Waals surface area contributed by atoms with E-state index < -0.39 is 12.1 Å². The van der Waals surface area contributed by atoms with Crippen LogP contribution in [-0.2, 0) is 4.74 Å². The van der Waals surface area contributed by atoms with Crippen molar-refractivity contribution in [3.63, 3.8) is 0 Å². The second-order valence-electron chi connectivity index (χ2n) is 5.40. The van der Waals surface area contributed by atoms with Crippen molar-refractivity contribution in [1.82, 2.24) is 4.98 Å². The molecular formula is C18H18N2O3S. The van der Waals surface area contributed by atoms with Crippen molar-refractivity contribution in [3.8, 4) is 0 Å². The van der Waals surface area contributed by atoms with E-state index >= 15 is 0 Å². The molecule has 2 N–H and O–H groups in total. The Morgan fingerprint density at radius 2 is 2.12 bits per heavy atom. The zero-order valence-electron chi connectivity index (χ0n) is 13.4. The summed E-state index contributed by atoms with van der Waals surface area (Å²) in [6.07, 6.45) is -0.621. The van der Waals surface area contributed by atoms with Crippen molar-refractivity contribution < 1.29 is 14.6 Å². The number of pyridine rings is 1. The number of methoxy groups -OCH3 is 1. The van der Waals surface area contributed by atoms with E-state index in [1.54, 1.807) is 30.4 Å². The number of carbonyl (C=O) groups is 1. The number of aliphatic hydroxyl groups is 1. The fourth-order valence-electron chi connectivity index (χ4n) is 2.45. The number of hydrogen-bond donors (Lipinski definition) is 2. The lowest BCUT2D eigenvalue weighted by Crippen LogP contribution is -2.13.